The zero-order valence-electron chi connectivity index (χ0n) is 17.1. The van der Waals surface area contributed by atoms with E-state index in [-0.39, 0.29) is 0 Å². The molecule has 0 atom stereocenters. The van der Waals surface area contributed by atoms with E-state index in [2.05, 4.69) is 47.3 Å². The normalized spacial score (nSPS) is 30.0. The van der Waals surface area contributed by atoms with Crippen molar-refractivity contribution in [1.82, 2.24) is 19.6 Å². The molecule has 4 rings (SSSR count). The van der Waals surface area contributed by atoms with Gasteiger partial charge in [0, 0.05) is 77.0 Å². The highest BCUT2D eigenvalue weighted by Crippen LogP contribution is 2.51. The first-order valence-corrected chi connectivity index (χ1v) is 10.9. The summed E-state index contributed by atoms with van der Waals surface area (Å²) in [5.41, 5.74) is 0.713. The lowest BCUT2D eigenvalue weighted by Crippen LogP contribution is -2.67. The molecule has 0 unspecified atom stereocenters. The summed E-state index contributed by atoms with van der Waals surface area (Å²) in [6, 6.07) is 2.42. The Bertz CT molecular complexity index is 439. The third-order valence-corrected chi connectivity index (χ3v) is 7.30. The standard InChI is InChI=1S/C21H40N4/c1-17(2)11-21(5-6-21)16-22-12-19(13-22)23-7-9-24(10-8-23)20-14-25(15-20)18(3)4/h17-20H,5-16H2,1-4H3. The molecule has 3 aliphatic heterocycles. The summed E-state index contributed by atoms with van der Waals surface area (Å²) in [6.45, 7) is 21.3. The summed E-state index contributed by atoms with van der Waals surface area (Å²) in [4.78, 5) is 10.9. The van der Waals surface area contributed by atoms with Gasteiger partial charge in [0.2, 0.25) is 0 Å². The van der Waals surface area contributed by atoms with Gasteiger partial charge in [-0.2, -0.15) is 0 Å². The molecule has 0 aromatic heterocycles. The van der Waals surface area contributed by atoms with Crippen molar-refractivity contribution in [3.8, 4) is 0 Å². The fourth-order valence-corrected chi connectivity index (χ4v) is 5.45. The zero-order chi connectivity index (χ0) is 17.6. The minimum atomic E-state index is 0.713. The third-order valence-electron chi connectivity index (χ3n) is 7.30. The molecule has 0 amide bonds. The fourth-order valence-electron chi connectivity index (χ4n) is 5.45. The van der Waals surface area contributed by atoms with E-state index < -0.39 is 0 Å². The Labute approximate surface area is 155 Å². The van der Waals surface area contributed by atoms with Crippen molar-refractivity contribution in [3.63, 3.8) is 0 Å². The molecule has 25 heavy (non-hydrogen) atoms. The van der Waals surface area contributed by atoms with E-state index in [1.165, 1.54) is 78.2 Å². The van der Waals surface area contributed by atoms with Crippen LogP contribution in [0.25, 0.3) is 0 Å². The first-order chi connectivity index (χ1) is 11.9. The lowest BCUT2D eigenvalue weighted by Gasteiger charge is -2.53. The second-order valence-electron chi connectivity index (χ2n) is 10.2. The van der Waals surface area contributed by atoms with Gasteiger partial charge in [0.15, 0.2) is 0 Å². The van der Waals surface area contributed by atoms with Crippen molar-refractivity contribution < 1.29 is 0 Å². The Kier molecular flexibility index (Phi) is 5.18. The molecule has 3 saturated heterocycles. The minimum Gasteiger partial charge on any atom is -0.300 e. The third kappa shape index (κ3) is 4.07. The van der Waals surface area contributed by atoms with Crippen LogP contribution in [0.1, 0.15) is 47.0 Å². The summed E-state index contributed by atoms with van der Waals surface area (Å²) in [5, 5.41) is 0. The van der Waals surface area contributed by atoms with Crippen molar-refractivity contribution >= 4 is 0 Å². The van der Waals surface area contributed by atoms with Crippen LogP contribution in [0.2, 0.25) is 0 Å². The topological polar surface area (TPSA) is 13.0 Å². The molecule has 0 aromatic rings. The second kappa shape index (κ2) is 7.10. The van der Waals surface area contributed by atoms with Crippen LogP contribution in [0, 0.1) is 11.3 Å². The van der Waals surface area contributed by atoms with Crippen LogP contribution >= 0.6 is 0 Å². The molecule has 1 saturated carbocycles. The number of likely N-dealkylation sites (tertiary alicyclic amines) is 2. The van der Waals surface area contributed by atoms with E-state index in [1.54, 1.807) is 0 Å². The van der Waals surface area contributed by atoms with Crippen LogP contribution in [-0.4, -0.2) is 96.6 Å². The van der Waals surface area contributed by atoms with Gasteiger partial charge >= 0.3 is 0 Å². The van der Waals surface area contributed by atoms with E-state index in [1.807, 2.05) is 0 Å². The minimum absolute atomic E-state index is 0.713. The van der Waals surface area contributed by atoms with Crippen molar-refractivity contribution in [3.05, 3.63) is 0 Å². The first kappa shape index (κ1) is 18.2. The van der Waals surface area contributed by atoms with Crippen LogP contribution in [0.3, 0.4) is 0 Å². The highest BCUT2D eigenvalue weighted by molar-refractivity contribution is 5.01. The van der Waals surface area contributed by atoms with Gasteiger partial charge in [0.05, 0.1) is 0 Å². The predicted octanol–water partition coefficient (Wildman–Crippen LogP) is 2.21. The maximum Gasteiger partial charge on any atom is 0.0351 e. The Hall–Kier alpha value is -0.160. The second-order valence-corrected chi connectivity index (χ2v) is 10.2. The van der Waals surface area contributed by atoms with E-state index >= 15 is 0 Å². The van der Waals surface area contributed by atoms with Gasteiger partial charge in [-0.15, -0.1) is 0 Å². The smallest absolute Gasteiger partial charge is 0.0351 e. The van der Waals surface area contributed by atoms with Gasteiger partial charge in [-0.3, -0.25) is 19.6 Å². The molecule has 0 bridgehead atoms. The van der Waals surface area contributed by atoms with Gasteiger partial charge in [-0.25, -0.2) is 0 Å². The predicted molar refractivity (Wildman–Crippen MR) is 105 cm³/mol. The van der Waals surface area contributed by atoms with Gasteiger partial charge in [-0.1, -0.05) is 13.8 Å². The molecule has 4 heteroatoms. The molecular formula is C21H40N4. The van der Waals surface area contributed by atoms with Crippen LogP contribution in [0.4, 0.5) is 0 Å². The Balaban J connectivity index is 1.14. The van der Waals surface area contributed by atoms with E-state index in [4.69, 9.17) is 0 Å². The van der Waals surface area contributed by atoms with Gasteiger partial charge in [0.25, 0.3) is 0 Å². The fraction of sp³-hybridized carbons (Fsp3) is 1.00. The molecule has 0 radical (unpaired) electrons. The lowest BCUT2D eigenvalue weighted by atomic mass is 9.92. The number of hydrogen-bond donors (Lipinski definition) is 0. The molecule has 4 nitrogen and oxygen atoms in total. The molecule has 3 heterocycles. The van der Waals surface area contributed by atoms with Crippen LogP contribution in [-0.2, 0) is 0 Å². The van der Waals surface area contributed by atoms with Gasteiger partial charge in [0.1, 0.15) is 0 Å². The number of nitrogens with zero attached hydrogens (tertiary/aromatic N) is 4. The van der Waals surface area contributed by atoms with Gasteiger partial charge in [-0.05, 0) is 44.4 Å². The summed E-state index contributed by atoms with van der Waals surface area (Å²) >= 11 is 0. The summed E-state index contributed by atoms with van der Waals surface area (Å²) in [7, 11) is 0. The largest absolute Gasteiger partial charge is 0.300 e. The molecule has 144 valence electrons. The van der Waals surface area contributed by atoms with Crippen molar-refractivity contribution in [2.75, 3.05) is 58.9 Å². The molecule has 4 aliphatic rings. The van der Waals surface area contributed by atoms with Gasteiger partial charge < -0.3 is 0 Å². The molecule has 0 spiro atoms. The number of rotatable bonds is 7. The summed E-state index contributed by atoms with van der Waals surface area (Å²) in [6.07, 6.45) is 4.42. The lowest BCUT2D eigenvalue weighted by molar-refractivity contribution is -0.0418. The molecular weight excluding hydrogens is 308 g/mol. The quantitative estimate of drug-likeness (QED) is 0.699. The Morgan fingerprint density at radius 1 is 0.800 bits per heavy atom. The van der Waals surface area contributed by atoms with Crippen LogP contribution in [0.5, 0.6) is 0 Å². The maximum atomic E-state index is 2.79. The molecule has 4 fully saturated rings. The highest BCUT2D eigenvalue weighted by Gasteiger charge is 2.46. The highest BCUT2D eigenvalue weighted by atomic mass is 15.4. The van der Waals surface area contributed by atoms with Crippen LogP contribution < -0.4 is 0 Å². The van der Waals surface area contributed by atoms with Crippen molar-refractivity contribution in [2.45, 2.75) is 65.1 Å². The summed E-state index contributed by atoms with van der Waals surface area (Å²) in [5.74, 6) is 0.866. The van der Waals surface area contributed by atoms with E-state index in [9.17, 15) is 0 Å². The first-order valence-electron chi connectivity index (χ1n) is 10.9. The average Bonchev–Trinajstić information content (AvgIpc) is 3.20. The van der Waals surface area contributed by atoms with Crippen molar-refractivity contribution in [2.24, 2.45) is 11.3 Å². The summed E-state index contributed by atoms with van der Waals surface area (Å²) < 4.78 is 0. The zero-order valence-corrected chi connectivity index (χ0v) is 17.1. The van der Waals surface area contributed by atoms with Crippen molar-refractivity contribution in [1.29, 1.82) is 0 Å². The SMILES string of the molecule is CC(C)CC1(CN2CC(N3CCN(C4CN(C(C)C)C4)CC3)C2)CC1. The molecule has 0 N–H and O–H groups in total. The monoisotopic (exact) mass is 348 g/mol. The van der Waals surface area contributed by atoms with E-state index in [0.29, 0.717) is 5.41 Å². The number of hydrogen-bond acceptors (Lipinski definition) is 4. The average molecular weight is 349 g/mol. The number of piperazine rings is 1. The molecule has 1 aliphatic carbocycles. The van der Waals surface area contributed by atoms with Crippen LogP contribution in [0.15, 0.2) is 0 Å². The maximum absolute atomic E-state index is 2.79. The Morgan fingerprint density at radius 2 is 1.32 bits per heavy atom. The Morgan fingerprint density at radius 3 is 1.76 bits per heavy atom. The molecule has 0 aromatic carbocycles. The van der Waals surface area contributed by atoms with E-state index in [0.717, 1.165) is 24.0 Å².